The number of aromatic nitrogens is 1. The van der Waals surface area contributed by atoms with Gasteiger partial charge in [0.05, 0.1) is 5.60 Å². The van der Waals surface area contributed by atoms with Gasteiger partial charge in [0, 0.05) is 6.54 Å². The molecule has 94 valence electrons. The number of hydrogen-bond donors (Lipinski definition) is 2. The van der Waals surface area contributed by atoms with Crippen LogP contribution in [0.15, 0.2) is 22.8 Å². The third kappa shape index (κ3) is 4.09. The van der Waals surface area contributed by atoms with Gasteiger partial charge in [0.15, 0.2) is 0 Å². The molecule has 1 aromatic rings. The first-order chi connectivity index (χ1) is 8.00. The predicted octanol–water partition coefficient (Wildman–Crippen LogP) is 2.12. The molecule has 0 aromatic carbocycles. The fourth-order valence-electron chi connectivity index (χ4n) is 1.37. The maximum absolute atomic E-state index is 11.8. The van der Waals surface area contributed by atoms with Crippen molar-refractivity contribution in [2.24, 2.45) is 0 Å². The van der Waals surface area contributed by atoms with Gasteiger partial charge in [-0.25, -0.2) is 4.98 Å². The summed E-state index contributed by atoms with van der Waals surface area (Å²) in [4.78, 5) is 15.8. The molecule has 5 heteroatoms. The Hall–Kier alpha value is -0.940. The molecule has 2 N–H and O–H groups in total. The van der Waals surface area contributed by atoms with Crippen molar-refractivity contribution >= 4 is 21.8 Å². The number of carbonyl (C=O) groups excluding carboxylic acids is 1. The minimum Gasteiger partial charge on any atom is -0.388 e. The topological polar surface area (TPSA) is 62.2 Å². The number of rotatable bonds is 5. The number of amides is 1. The summed E-state index contributed by atoms with van der Waals surface area (Å²) in [6.07, 6.45) is 1.21. The van der Waals surface area contributed by atoms with Crippen LogP contribution in [0.4, 0.5) is 0 Å². The van der Waals surface area contributed by atoms with Crippen LogP contribution >= 0.6 is 15.9 Å². The molecule has 0 aliphatic carbocycles. The standard InChI is InChI=1S/C12H17BrN2O2/c1-3-12(17,4-2)8-14-11(16)9-6-5-7-10(13)15-9/h5-7,17H,3-4,8H2,1-2H3,(H,14,16). The van der Waals surface area contributed by atoms with E-state index in [-0.39, 0.29) is 12.5 Å². The SMILES string of the molecule is CCC(O)(CC)CNC(=O)c1cccc(Br)n1. The summed E-state index contributed by atoms with van der Waals surface area (Å²) in [6.45, 7) is 4.03. The zero-order valence-corrected chi connectivity index (χ0v) is 11.6. The third-order valence-electron chi connectivity index (χ3n) is 2.84. The smallest absolute Gasteiger partial charge is 0.270 e. The summed E-state index contributed by atoms with van der Waals surface area (Å²) in [5.74, 6) is -0.272. The van der Waals surface area contributed by atoms with E-state index in [2.05, 4.69) is 26.2 Å². The molecule has 1 amide bonds. The minimum atomic E-state index is -0.832. The number of nitrogens with zero attached hydrogens (tertiary/aromatic N) is 1. The maximum atomic E-state index is 11.8. The lowest BCUT2D eigenvalue weighted by Crippen LogP contribution is -2.42. The van der Waals surface area contributed by atoms with E-state index in [4.69, 9.17) is 0 Å². The number of nitrogens with one attached hydrogen (secondary N) is 1. The van der Waals surface area contributed by atoms with Crippen molar-refractivity contribution in [3.8, 4) is 0 Å². The average molecular weight is 301 g/mol. The van der Waals surface area contributed by atoms with Crippen molar-refractivity contribution in [2.75, 3.05) is 6.54 Å². The van der Waals surface area contributed by atoms with Crippen LogP contribution in [-0.4, -0.2) is 28.1 Å². The first-order valence-corrected chi connectivity index (χ1v) is 6.43. The van der Waals surface area contributed by atoms with Gasteiger partial charge in [-0.1, -0.05) is 19.9 Å². The average Bonchev–Trinajstić information content (AvgIpc) is 2.35. The van der Waals surface area contributed by atoms with Crippen molar-refractivity contribution in [1.29, 1.82) is 0 Å². The van der Waals surface area contributed by atoms with Gasteiger partial charge in [0.2, 0.25) is 0 Å². The van der Waals surface area contributed by atoms with Crippen molar-refractivity contribution in [2.45, 2.75) is 32.3 Å². The first kappa shape index (κ1) is 14.1. The Kier molecular flexibility index (Phi) is 5.08. The highest BCUT2D eigenvalue weighted by Crippen LogP contribution is 2.13. The van der Waals surface area contributed by atoms with Gasteiger partial charge >= 0.3 is 0 Å². The van der Waals surface area contributed by atoms with Crippen molar-refractivity contribution < 1.29 is 9.90 Å². The molecular formula is C12H17BrN2O2. The Morgan fingerprint density at radius 1 is 1.47 bits per heavy atom. The van der Waals surface area contributed by atoms with E-state index in [1.54, 1.807) is 18.2 Å². The summed E-state index contributed by atoms with van der Waals surface area (Å²) < 4.78 is 0.617. The van der Waals surface area contributed by atoms with E-state index < -0.39 is 5.60 Å². The van der Waals surface area contributed by atoms with Gasteiger partial charge < -0.3 is 10.4 Å². The number of pyridine rings is 1. The summed E-state index contributed by atoms with van der Waals surface area (Å²) in [5.41, 5.74) is -0.490. The summed E-state index contributed by atoms with van der Waals surface area (Å²) in [5, 5.41) is 12.7. The second-order valence-corrected chi connectivity index (χ2v) is 4.77. The molecule has 17 heavy (non-hydrogen) atoms. The molecule has 0 aliphatic heterocycles. The third-order valence-corrected chi connectivity index (χ3v) is 3.28. The van der Waals surface area contributed by atoms with Gasteiger partial charge in [-0.2, -0.15) is 0 Å². The van der Waals surface area contributed by atoms with Crippen LogP contribution in [0.25, 0.3) is 0 Å². The Balaban J connectivity index is 2.62. The molecular weight excluding hydrogens is 284 g/mol. The van der Waals surface area contributed by atoms with Gasteiger partial charge in [0.1, 0.15) is 10.3 Å². The molecule has 0 spiro atoms. The maximum Gasteiger partial charge on any atom is 0.270 e. The molecule has 0 unspecified atom stereocenters. The van der Waals surface area contributed by atoms with Crippen LogP contribution in [0.2, 0.25) is 0 Å². The predicted molar refractivity (Wildman–Crippen MR) is 69.8 cm³/mol. The molecule has 0 radical (unpaired) electrons. The number of aliphatic hydroxyl groups is 1. The highest BCUT2D eigenvalue weighted by Gasteiger charge is 2.23. The molecule has 0 aliphatic rings. The minimum absolute atomic E-state index is 0.243. The van der Waals surface area contributed by atoms with E-state index in [0.717, 1.165) is 0 Å². The Morgan fingerprint density at radius 3 is 2.65 bits per heavy atom. The van der Waals surface area contributed by atoms with Gasteiger partial charge in [-0.3, -0.25) is 4.79 Å². The van der Waals surface area contributed by atoms with Crippen LogP contribution in [0.1, 0.15) is 37.2 Å². The number of halogens is 1. The zero-order valence-electron chi connectivity index (χ0n) is 10.0. The largest absolute Gasteiger partial charge is 0.388 e. The molecule has 0 saturated heterocycles. The summed E-state index contributed by atoms with van der Waals surface area (Å²) in [6, 6.07) is 5.14. The molecule has 4 nitrogen and oxygen atoms in total. The van der Waals surface area contributed by atoms with Crippen LogP contribution < -0.4 is 5.32 Å². The Bertz CT molecular complexity index is 392. The van der Waals surface area contributed by atoms with Gasteiger partial charge in [-0.15, -0.1) is 0 Å². The van der Waals surface area contributed by atoms with E-state index >= 15 is 0 Å². The van der Waals surface area contributed by atoms with Crippen molar-refractivity contribution in [1.82, 2.24) is 10.3 Å². The fraction of sp³-hybridized carbons (Fsp3) is 0.500. The lowest BCUT2D eigenvalue weighted by molar-refractivity contribution is 0.0313. The Labute approximate surface area is 110 Å². The van der Waals surface area contributed by atoms with E-state index in [0.29, 0.717) is 23.1 Å². The van der Waals surface area contributed by atoms with E-state index in [1.165, 1.54) is 0 Å². The highest BCUT2D eigenvalue weighted by atomic mass is 79.9. The summed E-state index contributed by atoms with van der Waals surface area (Å²) in [7, 11) is 0. The molecule has 1 rings (SSSR count). The van der Waals surface area contributed by atoms with E-state index in [9.17, 15) is 9.90 Å². The lowest BCUT2D eigenvalue weighted by atomic mass is 9.97. The second kappa shape index (κ2) is 6.12. The van der Waals surface area contributed by atoms with E-state index in [1.807, 2.05) is 13.8 Å². The fourth-order valence-corrected chi connectivity index (χ4v) is 1.71. The van der Waals surface area contributed by atoms with Crippen molar-refractivity contribution in [3.05, 3.63) is 28.5 Å². The molecule has 1 aromatic heterocycles. The van der Waals surface area contributed by atoms with Crippen molar-refractivity contribution in [3.63, 3.8) is 0 Å². The molecule has 0 bridgehead atoms. The first-order valence-electron chi connectivity index (χ1n) is 5.64. The van der Waals surface area contributed by atoms with Gasteiger partial charge in [0.25, 0.3) is 5.91 Å². The highest BCUT2D eigenvalue weighted by molar-refractivity contribution is 9.10. The normalized spacial score (nSPS) is 11.3. The van der Waals surface area contributed by atoms with Crippen LogP contribution in [0, 0.1) is 0 Å². The number of hydrogen-bond acceptors (Lipinski definition) is 3. The monoisotopic (exact) mass is 300 g/mol. The number of carbonyl (C=O) groups is 1. The summed E-state index contributed by atoms with van der Waals surface area (Å²) >= 11 is 3.21. The van der Waals surface area contributed by atoms with Crippen LogP contribution in [0.5, 0.6) is 0 Å². The zero-order chi connectivity index (χ0) is 12.9. The molecule has 0 atom stereocenters. The molecule has 0 saturated carbocycles. The molecule has 1 heterocycles. The lowest BCUT2D eigenvalue weighted by Gasteiger charge is -2.25. The van der Waals surface area contributed by atoms with Gasteiger partial charge in [-0.05, 0) is 40.9 Å². The second-order valence-electron chi connectivity index (χ2n) is 3.96. The van der Waals surface area contributed by atoms with Crippen LogP contribution in [0.3, 0.4) is 0 Å². The van der Waals surface area contributed by atoms with Crippen LogP contribution in [-0.2, 0) is 0 Å². The Morgan fingerprint density at radius 2 is 2.12 bits per heavy atom. The molecule has 0 fully saturated rings. The quantitative estimate of drug-likeness (QED) is 0.819.